The van der Waals surface area contributed by atoms with Crippen molar-refractivity contribution in [2.45, 2.75) is 44.7 Å². The van der Waals surface area contributed by atoms with E-state index < -0.39 is 5.54 Å². The third-order valence-corrected chi connectivity index (χ3v) is 4.39. The summed E-state index contributed by atoms with van der Waals surface area (Å²) in [5.74, 6) is -0.173. The Labute approximate surface area is 123 Å². The lowest BCUT2D eigenvalue weighted by molar-refractivity contribution is -0.148. The quantitative estimate of drug-likeness (QED) is 0.706. The number of likely N-dealkylation sites (tertiary alicyclic amines) is 1. The van der Waals surface area contributed by atoms with Crippen molar-refractivity contribution in [3.63, 3.8) is 0 Å². The number of hydrogen-bond donors (Lipinski definition) is 1. The van der Waals surface area contributed by atoms with Crippen LogP contribution in [-0.2, 0) is 9.53 Å². The SMILES string of the molecule is CCNC(C)(CCN(C)C1CCCN(C)C1)C(=O)OC. The van der Waals surface area contributed by atoms with Crippen molar-refractivity contribution < 1.29 is 9.53 Å². The van der Waals surface area contributed by atoms with E-state index in [2.05, 4.69) is 29.2 Å². The van der Waals surface area contributed by atoms with Gasteiger partial charge in [-0.1, -0.05) is 6.92 Å². The third-order valence-electron chi connectivity index (χ3n) is 4.39. The predicted molar refractivity (Wildman–Crippen MR) is 81.9 cm³/mol. The van der Waals surface area contributed by atoms with Crippen LogP contribution in [0.3, 0.4) is 0 Å². The summed E-state index contributed by atoms with van der Waals surface area (Å²) in [7, 11) is 5.79. The monoisotopic (exact) mass is 285 g/mol. The molecule has 5 heteroatoms. The van der Waals surface area contributed by atoms with Crippen molar-refractivity contribution in [2.24, 2.45) is 0 Å². The van der Waals surface area contributed by atoms with Gasteiger partial charge in [-0.3, -0.25) is 4.79 Å². The van der Waals surface area contributed by atoms with E-state index in [0.717, 1.165) is 26.1 Å². The molecule has 0 spiro atoms. The van der Waals surface area contributed by atoms with Crippen molar-refractivity contribution in [3.05, 3.63) is 0 Å². The Hall–Kier alpha value is -0.650. The van der Waals surface area contributed by atoms with Gasteiger partial charge >= 0.3 is 5.97 Å². The van der Waals surface area contributed by atoms with E-state index in [4.69, 9.17) is 4.74 Å². The molecule has 1 heterocycles. The fraction of sp³-hybridized carbons (Fsp3) is 0.933. The van der Waals surface area contributed by atoms with Crippen molar-refractivity contribution in [3.8, 4) is 0 Å². The number of nitrogens with one attached hydrogen (secondary N) is 1. The molecule has 0 bridgehead atoms. The van der Waals surface area contributed by atoms with Gasteiger partial charge in [-0.15, -0.1) is 0 Å². The topological polar surface area (TPSA) is 44.8 Å². The molecule has 0 radical (unpaired) electrons. The summed E-state index contributed by atoms with van der Waals surface area (Å²) in [6, 6.07) is 0.595. The number of likely N-dealkylation sites (N-methyl/N-ethyl adjacent to an activating group) is 3. The Balaban J connectivity index is 2.51. The van der Waals surface area contributed by atoms with E-state index >= 15 is 0 Å². The molecule has 1 saturated heterocycles. The van der Waals surface area contributed by atoms with Crippen LogP contribution in [0.25, 0.3) is 0 Å². The molecule has 20 heavy (non-hydrogen) atoms. The second kappa shape index (κ2) is 7.96. The van der Waals surface area contributed by atoms with E-state index in [1.807, 2.05) is 13.8 Å². The molecular weight excluding hydrogens is 254 g/mol. The lowest BCUT2D eigenvalue weighted by atomic mass is 9.96. The number of ether oxygens (including phenoxy) is 1. The molecule has 1 aliphatic heterocycles. The third kappa shape index (κ3) is 4.72. The molecule has 0 aromatic carbocycles. The fourth-order valence-corrected chi connectivity index (χ4v) is 2.96. The zero-order valence-corrected chi connectivity index (χ0v) is 13.7. The van der Waals surface area contributed by atoms with Crippen LogP contribution in [0.2, 0.25) is 0 Å². The molecule has 0 aromatic heterocycles. The summed E-state index contributed by atoms with van der Waals surface area (Å²) >= 11 is 0. The van der Waals surface area contributed by atoms with E-state index in [1.54, 1.807) is 0 Å². The molecule has 5 nitrogen and oxygen atoms in total. The van der Waals surface area contributed by atoms with E-state index in [1.165, 1.54) is 26.5 Å². The maximum atomic E-state index is 12.0. The molecule has 2 unspecified atom stereocenters. The van der Waals surface area contributed by atoms with Crippen LogP contribution in [0.5, 0.6) is 0 Å². The molecule has 1 fully saturated rings. The Morgan fingerprint density at radius 3 is 2.80 bits per heavy atom. The molecule has 118 valence electrons. The van der Waals surface area contributed by atoms with Crippen LogP contribution < -0.4 is 5.32 Å². The second-order valence-electron chi connectivity index (χ2n) is 6.14. The highest BCUT2D eigenvalue weighted by molar-refractivity contribution is 5.80. The summed E-state index contributed by atoms with van der Waals surface area (Å²) in [5, 5.41) is 3.27. The molecule has 1 aliphatic rings. The predicted octanol–water partition coefficient (Wildman–Crippen LogP) is 0.944. The number of rotatable bonds is 7. The first-order valence-corrected chi connectivity index (χ1v) is 7.65. The van der Waals surface area contributed by atoms with Gasteiger partial charge in [0.05, 0.1) is 7.11 Å². The highest BCUT2D eigenvalue weighted by Gasteiger charge is 2.34. The van der Waals surface area contributed by atoms with Gasteiger partial charge in [-0.05, 0) is 53.4 Å². The average molecular weight is 285 g/mol. The number of methoxy groups -OCH3 is 1. The lowest BCUT2D eigenvalue weighted by Gasteiger charge is -2.37. The average Bonchev–Trinajstić information content (AvgIpc) is 2.44. The number of piperidine rings is 1. The summed E-state index contributed by atoms with van der Waals surface area (Å²) in [4.78, 5) is 16.7. The van der Waals surface area contributed by atoms with Gasteiger partial charge in [-0.25, -0.2) is 0 Å². The molecule has 0 saturated carbocycles. The van der Waals surface area contributed by atoms with Gasteiger partial charge in [-0.2, -0.15) is 0 Å². The van der Waals surface area contributed by atoms with Gasteiger partial charge in [0.25, 0.3) is 0 Å². The molecule has 1 N–H and O–H groups in total. The zero-order chi connectivity index (χ0) is 15.2. The molecule has 2 atom stereocenters. The summed E-state index contributed by atoms with van der Waals surface area (Å²) in [6.07, 6.45) is 3.27. The van der Waals surface area contributed by atoms with Crippen molar-refractivity contribution >= 4 is 5.97 Å². The number of nitrogens with zero attached hydrogens (tertiary/aromatic N) is 2. The normalized spacial score (nSPS) is 23.6. The number of esters is 1. The molecule has 0 aliphatic carbocycles. The van der Waals surface area contributed by atoms with Crippen LogP contribution in [0, 0.1) is 0 Å². The number of carbonyl (C=O) groups excluding carboxylic acids is 1. The van der Waals surface area contributed by atoms with Gasteiger partial charge in [0.2, 0.25) is 0 Å². The first-order valence-electron chi connectivity index (χ1n) is 7.65. The highest BCUT2D eigenvalue weighted by Crippen LogP contribution is 2.17. The molecule has 1 rings (SSSR count). The van der Waals surface area contributed by atoms with Gasteiger partial charge in [0.1, 0.15) is 5.54 Å². The smallest absolute Gasteiger partial charge is 0.325 e. The lowest BCUT2D eigenvalue weighted by Crippen LogP contribution is -2.53. The minimum atomic E-state index is -0.585. The highest BCUT2D eigenvalue weighted by atomic mass is 16.5. The van der Waals surface area contributed by atoms with E-state index in [-0.39, 0.29) is 5.97 Å². The van der Waals surface area contributed by atoms with Gasteiger partial charge < -0.3 is 19.9 Å². The summed E-state index contributed by atoms with van der Waals surface area (Å²) < 4.78 is 4.93. The number of carbonyl (C=O) groups is 1. The Bertz CT molecular complexity index is 311. The maximum absolute atomic E-state index is 12.0. The van der Waals surface area contributed by atoms with Crippen molar-refractivity contribution in [1.82, 2.24) is 15.1 Å². The second-order valence-corrected chi connectivity index (χ2v) is 6.14. The summed E-state index contributed by atoms with van der Waals surface area (Å²) in [5.41, 5.74) is -0.585. The summed E-state index contributed by atoms with van der Waals surface area (Å²) in [6.45, 7) is 7.93. The van der Waals surface area contributed by atoms with Crippen molar-refractivity contribution in [2.75, 3.05) is 47.4 Å². The number of hydrogen-bond acceptors (Lipinski definition) is 5. The fourth-order valence-electron chi connectivity index (χ4n) is 2.96. The van der Waals surface area contributed by atoms with Gasteiger partial charge in [0, 0.05) is 19.1 Å². The van der Waals surface area contributed by atoms with Crippen LogP contribution in [0.1, 0.15) is 33.1 Å². The van der Waals surface area contributed by atoms with Gasteiger partial charge in [0.15, 0.2) is 0 Å². The molecular formula is C15H31N3O2. The first-order chi connectivity index (χ1) is 9.42. The van der Waals surface area contributed by atoms with E-state index in [0.29, 0.717) is 6.04 Å². The largest absolute Gasteiger partial charge is 0.468 e. The van der Waals surface area contributed by atoms with Crippen LogP contribution in [0.4, 0.5) is 0 Å². The Morgan fingerprint density at radius 2 is 2.25 bits per heavy atom. The van der Waals surface area contributed by atoms with Crippen LogP contribution in [-0.4, -0.2) is 74.7 Å². The van der Waals surface area contributed by atoms with E-state index in [9.17, 15) is 4.79 Å². The van der Waals surface area contributed by atoms with Crippen molar-refractivity contribution in [1.29, 1.82) is 0 Å². The first kappa shape index (κ1) is 17.4. The zero-order valence-electron chi connectivity index (χ0n) is 13.7. The van der Waals surface area contributed by atoms with Crippen LogP contribution in [0.15, 0.2) is 0 Å². The standard InChI is InChI=1S/C15H31N3O2/c1-6-16-15(2,14(19)20-5)9-11-18(4)13-8-7-10-17(3)12-13/h13,16H,6-12H2,1-5H3. The maximum Gasteiger partial charge on any atom is 0.325 e. The molecule has 0 amide bonds. The van der Waals surface area contributed by atoms with Crippen LogP contribution >= 0.6 is 0 Å². The minimum Gasteiger partial charge on any atom is -0.468 e. The molecule has 0 aromatic rings. The Kier molecular flexibility index (Phi) is 6.92. The minimum absolute atomic E-state index is 0.173. The Morgan fingerprint density at radius 1 is 1.55 bits per heavy atom.